The Hall–Kier alpha value is -3.40. The van der Waals surface area contributed by atoms with Crippen LogP contribution in [0.1, 0.15) is 51.5 Å². The van der Waals surface area contributed by atoms with E-state index in [9.17, 15) is 9.59 Å². The zero-order valence-corrected chi connectivity index (χ0v) is 19.0. The Kier molecular flexibility index (Phi) is 6.40. The van der Waals surface area contributed by atoms with Gasteiger partial charge in [0.05, 0.1) is 12.0 Å². The van der Waals surface area contributed by atoms with E-state index in [1.807, 2.05) is 98.5 Å². The highest BCUT2D eigenvalue weighted by molar-refractivity contribution is 5.99. The highest BCUT2D eigenvalue weighted by atomic mass is 16.2. The minimum Gasteiger partial charge on any atom is -0.331 e. The van der Waals surface area contributed by atoms with E-state index in [4.69, 9.17) is 0 Å². The number of hydrogen-bond acceptors (Lipinski definition) is 2. The number of rotatable bonds is 4. The van der Waals surface area contributed by atoms with Gasteiger partial charge in [-0.05, 0) is 68.0 Å². The molecule has 4 heteroatoms. The van der Waals surface area contributed by atoms with Crippen LogP contribution in [0.5, 0.6) is 0 Å². The number of hydrogen-bond donors (Lipinski definition) is 1. The highest BCUT2D eigenvalue weighted by Gasteiger charge is 2.40. The van der Waals surface area contributed by atoms with Crippen molar-refractivity contribution in [1.82, 2.24) is 4.90 Å². The fraction of sp³-hybridized carbons (Fsp3) is 0.286. The lowest BCUT2D eigenvalue weighted by Gasteiger charge is -2.41. The van der Waals surface area contributed by atoms with Gasteiger partial charge in [-0.2, -0.15) is 0 Å². The molecule has 0 saturated carbocycles. The van der Waals surface area contributed by atoms with Gasteiger partial charge in [-0.15, -0.1) is 0 Å². The second-order valence-corrected chi connectivity index (χ2v) is 8.73. The van der Waals surface area contributed by atoms with Crippen LogP contribution in [0.2, 0.25) is 0 Å². The molecule has 0 radical (unpaired) electrons. The molecule has 164 valence electrons. The summed E-state index contributed by atoms with van der Waals surface area (Å²) in [4.78, 5) is 29.2. The predicted octanol–water partition coefficient (Wildman–Crippen LogP) is 5.84. The van der Waals surface area contributed by atoms with Crippen molar-refractivity contribution in [1.29, 1.82) is 0 Å². The number of amides is 2. The van der Waals surface area contributed by atoms with E-state index in [0.717, 1.165) is 46.3 Å². The average molecular weight is 427 g/mol. The van der Waals surface area contributed by atoms with Gasteiger partial charge in [0, 0.05) is 17.8 Å². The first-order chi connectivity index (χ1) is 15.5. The molecule has 4 rings (SSSR count). The Balaban J connectivity index is 1.70. The smallest absolute Gasteiger partial charge is 0.254 e. The van der Waals surface area contributed by atoms with Crippen LogP contribution in [0.3, 0.4) is 0 Å². The highest BCUT2D eigenvalue weighted by Crippen LogP contribution is 2.38. The maximum atomic E-state index is 13.8. The second kappa shape index (κ2) is 9.39. The van der Waals surface area contributed by atoms with Crippen molar-refractivity contribution < 1.29 is 9.59 Å². The van der Waals surface area contributed by atoms with E-state index in [1.54, 1.807) is 0 Å². The molecule has 1 heterocycles. The van der Waals surface area contributed by atoms with Crippen molar-refractivity contribution in [3.63, 3.8) is 0 Å². The standard InChI is InChI=1S/C28H30N2O2/c1-19-10-7-15-23(18-19)29-27(31)24-16-9-17-30(26(24)22-13-5-4-6-14-22)28(32)25-20(2)11-8-12-21(25)3/h4-8,10-15,18,24,26H,9,16-17H2,1-3H3,(H,29,31)/t24-,26-/m0/s1. The first kappa shape index (κ1) is 21.8. The predicted molar refractivity (Wildman–Crippen MR) is 129 cm³/mol. The number of aryl methyl sites for hydroxylation is 3. The van der Waals surface area contributed by atoms with Crippen molar-refractivity contribution in [2.75, 3.05) is 11.9 Å². The van der Waals surface area contributed by atoms with E-state index < -0.39 is 0 Å². The zero-order valence-electron chi connectivity index (χ0n) is 19.0. The minimum atomic E-state index is -0.320. The van der Waals surface area contributed by atoms with Gasteiger partial charge in [0.2, 0.25) is 5.91 Å². The summed E-state index contributed by atoms with van der Waals surface area (Å²) in [5.74, 6) is -0.356. The summed E-state index contributed by atoms with van der Waals surface area (Å²) in [6, 6.07) is 23.4. The van der Waals surface area contributed by atoms with Crippen LogP contribution in [-0.2, 0) is 4.79 Å². The number of nitrogens with zero attached hydrogens (tertiary/aromatic N) is 1. The number of carbonyl (C=O) groups excluding carboxylic acids is 2. The largest absolute Gasteiger partial charge is 0.331 e. The number of piperidine rings is 1. The van der Waals surface area contributed by atoms with Gasteiger partial charge in [0.25, 0.3) is 5.91 Å². The van der Waals surface area contributed by atoms with Gasteiger partial charge in [0.1, 0.15) is 0 Å². The fourth-order valence-electron chi connectivity index (χ4n) is 4.81. The third-order valence-corrected chi connectivity index (χ3v) is 6.35. The number of nitrogens with one attached hydrogen (secondary N) is 1. The Bertz CT molecular complexity index is 1100. The van der Waals surface area contributed by atoms with Crippen molar-refractivity contribution in [3.8, 4) is 0 Å². The minimum absolute atomic E-state index is 0.00232. The van der Waals surface area contributed by atoms with E-state index in [1.165, 1.54) is 0 Å². The Labute approximate surface area is 190 Å². The molecule has 0 aromatic heterocycles. The third-order valence-electron chi connectivity index (χ3n) is 6.35. The van der Waals surface area contributed by atoms with Crippen molar-refractivity contribution in [2.45, 2.75) is 39.7 Å². The Morgan fingerprint density at radius 1 is 0.875 bits per heavy atom. The molecule has 32 heavy (non-hydrogen) atoms. The van der Waals surface area contributed by atoms with Gasteiger partial charge in [0.15, 0.2) is 0 Å². The van der Waals surface area contributed by atoms with Crippen LogP contribution < -0.4 is 5.32 Å². The van der Waals surface area contributed by atoms with Crippen molar-refractivity contribution >= 4 is 17.5 Å². The molecule has 0 bridgehead atoms. The Morgan fingerprint density at radius 2 is 1.56 bits per heavy atom. The van der Waals surface area contributed by atoms with Crippen LogP contribution in [0.25, 0.3) is 0 Å². The van der Waals surface area contributed by atoms with Gasteiger partial charge in [-0.1, -0.05) is 60.7 Å². The lowest BCUT2D eigenvalue weighted by atomic mass is 9.83. The molecule has 0 aliphatic carbocycles. The summed E-state index contributed by atoms with van der Waals surface area (Å²) in [5, 5.41) is 3.10. The van der Waals surface area contributed by atoms with Gasteiger partial charge < -0.3 is 10.2 Å². The van der Waals surface area contributed by atoms with Crippen LogP contribution in [-0.4, -0.2) is 23.3 Å². The SMILES string of the molecule is Cc1cccc(NC(=O)[C@H]2CCCN(C(=O)c3c(C)cccc3C)[C@H]2c2ccccc2)c1. The molecule has 3 aromatic carbocycles. The number of carbonyl (C=O) groups is 2. The quantitative estimate of drug-likeness (QED) is 0.569. The molecule has 1 N–H and O–H groups in total. The molecule has 1 fully saturated rings. The second-order valence-electron chi connectivity index (χ2n) is 8.73. The Morgan fingerprint density at radius 3 is 2.25 bits per heavy atom. The topological polar surface area (TPSA) is 49.4 Å². The molecule has 3 aromatic rings. The molecule has 4 nitrogen and oxygen atoms in total. The third kappa shape index (κ3) is 4.45. The summed E-state index contributed by atoms with van der Waals surface area (Å²) in [7, 11) is 0. The molecule has 0 unspecified atom stereocenters. The van der Waals surface area contributed by atoms with Crippen molar-refractivity contribution in [3.05, 3.63) is 101 Å². The van der Waals surface area contributed by atoms with Crippen molar-refractivity contribution in [2.24, 2.45) is 5.92 Å². The molecular formula is C28H30N2O2. The molecule has 1 aliphatic heterocycles. The van der Waals surface area contributed by atoms with Crippen LogP contribution in [0.4, 0.5) is 5.69 Å². The van der Waals surface area contributed by atoms with Gasteiger partial charge in [-0.3, -0.25) is 9.59 Å². The molecule has 0 spiro atoms. The molecule has 2 amide bonds. The zero-order chi connectivity index (χ0) is 22.7. The van der Waals surface area contributed by atoms with E-state index in [0.29, 0.717) is 6.54 Å². The number of benzene rings is 3. The summed E-state index contributed by atoms with van der Waals surface area (Å²) in [6.45, 7) is 6.60. The monoisotopic (exact) mass is 426 g/mol. The lowest BCUT2D eigenvalue weighted by molar-refractivity contribution is -0.123. The van der Waals surface area contributed by atoms with Gasteiger partial charge >= 0.3 is 0 Å². The summed E-state index contributed by atoms with van der Waals surface area (Å²) in [6.07, 6.45) is 1.54. The van der Waals surface area contributed by atoms with E-state index in [2.05, 4.69) is 5.32 Å². The summed E-state index contributed by atoms with van der Waals surface area (Å²) in [5.41, 5.74) is 5.56. The van der Waals surface area contributed by atoms with Gasteiger partial charge in [-0.25, -0.2) is 0 Å². The summed E-state index contributed by atoms with van der Waals surface area (Å²) < 4.78 is 0. The first-order valence-corrected chi connectivity index (χ1v) is 11.3. The number of anilines is 1. The van der Waals surface area contributed by atoms with Crippen LogP contribution in [0, 0.1) is 26.7 Å². The fourth-order valence-corrected chi connectivity index (χ4v) is 4.81. The maximum Gasteiger partial charge on any atom is 0.254 e. The molecule has 1 aliphatic rings. The lowest BCUT2D eigenvalue weighted by Crippen LogP contribution is -2.46. The summed E-state index contributed by atoms with van der Waals surface area (Å²) >= 11 is 0. The molecular weight excluding hydrogens is 396 g/mol. The average Bonchev–Trinajstić information content (AvgIpc) is 2.79. The molecule has 1 saturated heterocycles. The van der Waals surface area contributed by atoms with Crippen LogP contribution in [0.15, 0.2) is 72.8 Å². The van der Waals surface area contributed by atoms with E-state index in [-0.39, 0.29) is 23.8 Å². The normalized spacial score (nSPS) is 18.3. The molecule has 2 atom stereocenters. The van der Waals surface area contributed by atoms with Crippen LogP contribution >= 0.6 is 0 Å². The number of likely N-dealkylation sites (tertiary alicyclic amines) is 1. The first-order valence-electron chi connectivity index (χ1n) is 11.3. The van der Waals surface area contributed by atoms with E-state index >= 15 is 0 Å². The maximum absolute atomic E-state index is 13.8.